The molecule has 122 valence electrons. The van der Waals surface area contributed by atoms with Gasteiger partial charge in [-0.15, -0.1) is 0 Å². The predicted molar refractivity (Wildman–Crippen MR) is 89.6 cm³/mol. The Labute approximate surface area is 131 Å². The number of nitrogens with zero attached hydrogens (tertiary/aromatic N) is 2. The van der Waals surface area contributed by atoms with Gasteiger partial charge in [0.05, 0.1) is 0 Å². The molecule has 3 nitrogen and oxygen atoms in total. The zero-order valence-corrected chi connectivity index (χ0v) is 14.4. The van der Waals surface area contributed by atoms with Gasteiger partial charge in [-0.25, -0.2) is 0 Å². The molecule has 1 aliphatic carbocycles. The molecule has 3 heteroatoms. The first-order valence-corrected chi connectivity index (χ1v) is 9.35. The summed E-state index contributed by atoms with van der Waals surface area (Å²) < 4.78 is 0. The monoisotopic (exact) mass is 293 g/mol. The average molecular weight is 293 g/mol. The smallest absolute Gasteiger partial charge is 0.0224 e. The van der Waals surface area contributed by atoms with Crippen LogP contribution in [0, 0.1) is 11.8 Å². The summed E-state index contributed by atoms with van der Waals surface area (Å²) in [5.74, 6) is 1.68. The van der Waals surface area contributed by atoms with E-state index in [1.165, 1.54) is 64.8 Å². The van der Waals surface area contributed by atoms with Gasteiger partial charge in [-0.2, -0.15) is 0 Å². The van der Waals surface area contributed by atoms with Crippen molar-refractivity contribution in [3.8, 4) is 0 Å². The number of nitrogens with one attached hydrogen (secondary N) is 1. The molecule has 2 aliphatic heterocycles. The molecule has 4 unspecified atom stereocenters. The molecular weight excluding hydrogens is 258 g/mol. The molecule has 0 aromatic rings. The van der Waals surface area contributed by atoms with E-state index in [2.05, 4.69) is 35.9 Å². The molecule has 0 aromatic heterocycles. The van der Waals surface area contributed by atoms with Crippen LogP contribution in [-0.4, -0.2) is 60.6 Å². The van der Waals surface area contributed by atoms with Gasteiger partial charge in [-0.3, -0.25) is 9.80 Å². The second-order valence-electron chi connectivity index (χ2n) is 8.15. The van der Waals surface area contributed by atoms with Gasteiger partial charge in [-0.1, -0.05) is 20.3 Å². The Morgan fingerprint density at radius 1 is 1.10 bits per heavy atom. The molecule has 1 N–H and O–H groups in total. The lowest BCUT2D eigenvalue weighted by Gasteiger charge is -2.54. The van der Waals surface area contributed by atoms with Gasteiger partial charge < -0.3 is 5.32 Å². The van der Waals surface area contributed by atoms with Crippen LogP contribution in [0.3, 0.4) is 0 Å². The molecule has 4 atom stereocenters. The summed E-state index contributed by atoms with van der Waals surface area (Å²) in [4.78, 5) is 5.65. The molecular formula is C18H35N3. The van der Waals surface area contributed by atoms with Gasteiger partial charge in [0.1, 0.15) is 0 Å². The zero-order valence-electron chi connectivity index (χ0n) is 14.4. The minimum atomic E-state index is 0.761. The molecule has 3 rings (SSSR count). The van der Waals surface area contributed by atoms with Crippen LogP contribution in [0.5, 0.6) is 0 Å². The SMILES string of the molecule is CC(C)CNCC1CCC1N1CC2CCCCN2CC1C. The summed E-state index contributed by atoms with van der Waals surface area (Å²) in [5, 5.41) is 3.69. The van der Waals surface area contributed by atoms with Gasteiger partial charge in [0, 0.05) is 31.2 Å². The Balaban J connectivity index is 1.51. The molecule has 0 radical (unpaired) electrons. The summed E-state index contributed by atoms with van der Waals surface area (Å²) in [6.07, 6.45) is 7.19. The Morgan fingerprint density at radius 2 is 1.95 bits per heavy atom. The van der Waals surface area contributed by atoms with E-state index in [1.54, 1.807) is 0 Å². The Kier molecular flexibility index (Phi) is 5.23. The summed E-state index contributed by atoms with van der Waals surface area (Å²) in [6.45, 7) is 13.5. The van der Waals surface area contributed by atoms with Crippen molar-refractivity contribution in [2.24, 2.45) is 11.8 Å². The quantitative estimate of drug-likeness (QED) is 0.840. The third kappa shape index (κ3) is 3.62. The van der Waals surface area contributed by atoms with Crippen molar-refractivity contribution in [3.05, 3.63) is 0 Å². The number of piperazine rings is 1. The highest BCUT2D eigenvalue weighted by atomic mass is 15.3. The van der Waals surface area contributed by atoms with Crippen LogP contribution in [0.1, 0.15) is 52.9 Å². The van der Waals surface area contributed by atoms with Crippen molar-refractivity contribution in [1.29, 1.82) is 0 Å². The highest BCUT2D eigenvalue weighted by molar-refractivity contribution is 4.97. The first kappa shape index (κ1) is 15.8. The Hall–Kier alpha value is -0.120. The van der Waals surface area contributed by atoms with Crippen molar-refractivity contribution >= 4 is 0 Å². The first-order chi connectivity index (χ1) is 10.1. The molecule has 0 aromatic carbocycles. The van der Waals surface area contributed by atoms with Crippen LogP contribution in [0.15, 0.2) is 0 Å². The topological polar surface area (TPSA) is 18.5 Å². The molecule has 2 saturated heterocycles. The molecule has 2 heterocycles. The zero-order chi connectivity index (χ0) is 14.8. The maximum absolute atomic E-state index is 3.69. The van der Waals surface area contributed by atoms with E-state index < -0.39 is 0 Å². The first-order valence-electron chi connectivity index (χ1n) is 9.35. The van der Waals surface area contributed by atoms with E-state index in [0.29, 0.717) is 0 Å². The maximum atomic E-state index is 3.69. The fraction of sp³-hybridized carbons (Fsp3) is 1.00. The van der Waals surface area contributed by atoms with E-state index in [-0.39, 0.29) is 0 Å². The molecule has 0 bridgehead atoms. The maximum Gasteiger partial charge on any atom is 0.0224 e. The van der Waals surface area contributed by atoms with Crippen molar-refractivity contribution in [2.45, 2.75) is 71.0 Å². The van der Waals surface area contributed by atoms with Gasteiger partial charge in [0.25, 0.3) is 0 Å². The normalized spacial score (nSPS) is 38.3. The molecule has 3 fully saturated rings. The van der Waals surface area contributed by atoms with Crippen molar-refractivity contribution in [1.82, 2.24) is 15.1 Å². The molecule has 0 amide bonds. The van der Waals surface area contributed by atoms with Crippen molar-refractivity contribution in [2.75, 3.05) is 32.7 Å². The summed E-state index contributed by atoms with van der Waals surface area (Å²) in [5.41, 5.74) is 0. The van der Waals surface area contributed by atoms with Gasteiger partial charge >= 0.3 is 0 Å². The van der Waals surface area contributed by atoms with Crippen LogP contribution >= 0.6 is 0 Å². The molecule has 1 saturated carbocycles. The van der Waals surface area contributed by atoms with Crippen LogP contribution in [0.4, 0.5) is 0 Å². The Morgan fingerprint density at radius 3 is 2.67 bits per heavy atom. The largest absolute Gasteiger partial charge is 0.316 e. The van der Waals surface area contributed by atoms with E-state index in [9.17, 15) is 0 Å². The van der Waals surface area contributed by atoms with E-state index in [0.717, 1.165) is 30.0 Å². The summed E-state index contributed by atoms with van der Waals surface area (Å²) in [7, 11) is 0. The number of fused-ring (bicyclic) bond motifs is 1. The third-order valence-electron chi connectivity index (χ3n) is 6.00. The fourth-order valence-corrected chi connectivity index (χ4v) is 4.62. The predicted octanol–water partition coefficient (Wildman–Crippen LogP) is 2.57. The minimum absolute atomic E-state index is 0.761. The van der Waals surface area contributed by atoms with Gasteiger partial charge in [0.2, 0.25) is 0 Å². The lowest BCUT2D eigenvalue weighted by molar-refractivity contribution is -0.0485. The van der Waals surface area contributed by atoms with E-state index in [1.807, 2.05) is 0 Å². The average Bonchev–Trinajstić information content (AvgIpc) is 2.43. The molecule has 0 spiro atoms. The lowest BCUT2D eigenvalue weighted by atomic mass is 9.77. The van der Waals surface area contributed by atoms with Crippen LogP contribution in [0.25, 0.3) is 0 Å². The van der Waals surface area contributed by atoms with Gasteiger partial charge in [0.15, 0.2) is 0 Å². The summed E-state index contributed by atoms with van der Waals surface area (Å²) in [6, 6.07) is 2.49. The second-order valence-corrected chi connectivity index (χ2v) is 8.15. The summed E-state index contributed by atoms with van der Waals surface area (Å²) >= 11 is 0. The molecule has 3 aliphatic rings. The van der Waals surface area contributed by atoms with Crippen LogP contribution in [0.2, 0.25) is 0 Å². The van der Waals surface area contributed by atoms with E-state index >= 15 is 0 Å². The molecule has 21 heavy (non-hydrogen) atoms. The number of rotatable bonds is 5. The van der Waals surface area contributed by atoms with Crippen LogP contribution < -0.4 is 5.32 Å². The number of piperidine rings is 1. The van der Waals surface area contributed by atoms with Crippen LogP contribution in [-0.2, 0) is 0 Å². The van der Waals surface area contributed by atoms with Crippen molar-refractivity contribution < 1.29 is 0 Å². The lowest BCUT2D eigenvalue weighted by Crippen LogP contribution is -2.64. The minimum Gasteiger partial charge on any atom is -0.316 e. The van der Waals surface area contributed by atoms with Crippen molar-refractivity contribution in [3.63, 3.8) is 0 Å². The fourth-order valence-electron chi connectivity index (χ4n) is 4.62. The third-order valence-corrected chi connectivity index (χ3v) is 6.00. The second kappa shape index (κ2) is 6.97. The number of hydrogen-bond donors (Lipinski definition) is 1. The highest BCUT2D eigenvalue weighted by Gasteiger charge is 2.42. The van der Waals surface area contributed by atoms with E-state index in [4.69, 9.17) is 0 Å². The number of hydrogen-bond acceptors (Lipinski definition) is 3. The highest BCUT2D eigenvalue weighted by Crippen LogP contribution is 2.36. The van der Waals surface area contributed by atoms with Gasteiger partial charge in [-0.05, 0) is 64.1 Å². The standard InChI is InChI=1S/C18H35N3/c1-14(2)10-19-11-16-7-8-18(16)21-13-17-6-4-5-9-20(17)12-15(21)3/h14-19H,4-13H2,1-3H3. The Bertz CT molecular complexity index is 330.